The number of anilines is 1. The van der Waals surface area contributed by atoms with Crippen molar-refractivity contribution in [3.63, 3.8) is 0 Å². The number of nitrogens with zero attached hydrogens (tertiary/aromatic N) is 1. The van der Waals surface area contributed by atoms with Gasteiger partial charge in [-0.1, -0.05) is 77.3 Å². The van der Waals surface area contributed by atoms with E-state index in [-0.39, 0.29) is 17.3 Å². The molecule has 1 spiro atoms. The van der Waals surface area contributed by atoms with E-state index in [1.807, 2.05) is 29.2 Å². The van der Waals surface area contributed by atoms with Crippen LogP contribution in [0.15, 0.2) is 66.7 Å². The first-order chi connectivity index (χ1) is 16.8. The van der Waals surface area contributed by atoms with Gasteiger partial charge in [0.05, 0.1) is 12.1 Å². The van der Waals surface area contributed by atoms with E-state index >= 15 is 0 Å². The Hall–Kier alpha value is -2.92. The molecular formula is C28H18Cl3NO3. The number of carbonyl (C=O) groups is 3. The molecule has 3 aromatic carbocycles. The van der Waals surface area contributed by atoms with Crippen molar-refractivity contribution in [1.82, 2.24) is 0 Å². The van der Waals surface area contributed by atoms with E-state index in [1.165, 1.54) is 6.92 Å². The second-order valence-corrected chi connectivity index (χ2v) is 10.5. The molecule has 1 fully saturated rings. The Morgan fingerprint density at radius 2 is 1.51 bits per heavy atom. The summed E-state index contributed by atoms with van der Waals surface area (Å²) in [5.41, 5.74) is 1.27. The third-order valence-electron chi connectivity index (χ3n) is 7.48. The number of fused-ring (bicyclic) bond motifs is 5. The Bertz CT molecular complexity index is 1460. The molecule has 35 heavy (non-hydrogen) atoms. The summed E-state index contributed by atoms with van der Waals surface area (Å²) in [5.74, 6) is -1.59. The molecule has 0 bridgehead atoms. The fraction of sp³-hybridized carbons (Fsp3) is 0.179. The van der Waals surface area contributed by atoms with Gasteiger partial charge in [-0.2, -0.15) is 0 Å². The van der Waals surface area contributed by atoms with Crippen LogP contribution in [-0.2, 0) is 4.79 Å². The zero-order valence-electron chi connectivity index (χ0n) is 18.5. The predicted molar refractivity (Wildman–Crippen MR) is 138 cm³/mol. The quantitative estimate of drug-likeness (QED) is 0.353. The van der Waals surface area contributed by atoms with Crippen molar-refractivity contribution in [3.05, 3.63) is 104 Å². The standard InChI is InChI=1S/C28H18Cl3NO3/c1-14(33)25-24(20-9-7-17(30)13-21(20)31)28(26(34)18-4-2-3-5-19(18)27(28)35)23-11-6-15-12-16(29)8-10-22(15)32(23)25/h2-13,23-25H,1H3/t23-,24+,25+/m1/s1. The average Bonchev–Trinajstić information content (AvgIpc) is 3.26. The molecule has 4 nitrogen and oxygen atoms in total. The molecule has 0 N–H and O–H groups in total. The largest absolute Gasteiger partial charge is 0.352 e. The Morgan fingerprint density at radius 1 is 0.886 bits per heavy atom. The second-order valence-electron chi connectivity index (χ2n) is 9.19. The molecule has 0 amide bonds. The van der Waals surface area contributed by atoms with Gasteiger partial charge in [-0.3, -0.25) is 14.4 Å². The zero-order chi connectivity index (χ0) is 24.6. The van der Waals surface area contributed by atoms with Crippen LogP contribution >= 0.6 is 34.8 Å². The molecule has 3 aliphatic rings. The molecule has 7 heteroatoms. The molecule has 2 heterocycles. The van der Waals surface area contributed by atoms with Crippen LogP contribution in [0.5, 0.6) is 0 Å². The lowest BCUT2D eigenvalue weighted by Crippen LogP contribution is -2.48. The maximum absolute atomic E-state index is 14.3. The fourth-order valence-electron chi connectivity index (χ4n) is 6.20. The van der Waals surface area contributed by atoms with E-state index in [1.54, 1.807) is 48.5 Å². The van der Waals surface area contributed by atoms with Crippen molar-refractivity contribution >= 4 is 63.9 Å². The number of carbonyl (C=O) groups excluding carboxylic acids is 3. The molecule has 174 valence electrons. The predicted octanol–water partition coefficient (Wildman–Crippen LogP) is 6.67. The van der Waals surface area contributed by atoms with Gasteiger partial charge in [0.15, 0.2) is 17.3 Å². The van der Waals surface area contributed by atoms with Gasteiger partial charge in [-0.25, -0.2) is 0 Å². The van der Waals surface area contributed by atoms with Crippen molar-refractivity contribution in [2.24, 2.45) is 5.41 Å². The highest BCUT2D eigenvalue weighted by Crippen LogP contribution is 2.61. The molecule has 3 aromatic rings. The molecule has 1 saturated heterocycles. The topological polar surface area (TPSA) is 54.5 Å². The minimum atomic E-state index is -1.56. The molecule has 0 aromatic heterocycles. The van der Waals surface area contributed by atoms with Crippen molar-refractivity contribution < 1.29 is 14.4 Å². The summed E-state index contributed by atoms with van der Waals surface area (Å²) in [6, 6.07) is 15.7. The third-order valence-corrected chi connectivity index (χ3v) is 8.28. The van der Waals surface area contributed by atoms with Crippen molar-refractivity contribution in [1.29, 1.82) is 0 Å². The maximum atomic E-state index is 14.3. The molecule has 0 radical (unpaired) electrons. The van der Waals surface area contributed by atoms with Crippen LogP contribution in [0.2, 0.25) is 15.1 Å². The highest BCUT2D eigenvalue weighted by atomic mass is 35.5. The molecule has 6 rings (SSSR count). The van der Waals surface area contributed by atoms with Crippen LogP contribution in [0.4, 0.5) is 5.69 Å². The van der Waals surface area contributed by atoms with Crippen molar-refractivity contribution in [2.45, 2.75) is 24.9 Å². The Morgan fingerprint density at radius 3 is 2.14 bits per heavy atom. The number of rotatable bonds is 2. The van der Waals surface area contributed by atoms with E-state index in [9.17, 15) is 14.4 Å². The number of hydrogen-bond acceptors (Lipinski definition) is 4. The lowest BCUT2D eigenvalue weighted by Gasteiger charge is -2.37. The van der Waals surface area contributed by atoms with Crippen LogP contribution in [-0.4, -0.2) is 29.4 Å². The van der Waals surface area contributed by atoms with Gasteiger partial charge in [-0.15, -0.1) is 0 Å². The van der Waals surface area contributed by atoms with Gasteiger partial charge in [0.2, 0.25) is 0 Å². The van der Waals surface area contributed by atoms with E-state index < -0.39 is 23.4 Å². The number of benzene rings is 3. The lowest BCUT2D eigenvalue weighted by atomic mass is 9.64. The first-order valence-corrected chi connectivity index (χ1v) is 12.3. The molecule has 0 unspecified atom stereocenters. The van der Waals surface area contributed by atoms with E-state index in [4.69, 9.17) is 34.8 Å². The van der Waals surface area contributed by atoms with Gasteiger partial charge >= 0.3 is 0 Å². The highest BCUT2D eigenvalue weighted by Gasteiger charge is 2.71. The van der Waals surface area contributed by atoms with Crippen LogP contribution < -0.4 is 4.90 Å². The summed E-state index contributed by atoms with van der Waals surface area (Å²) in [7, 11) is 0. The first-order valence-electron chi connectivity index (χ1n) is 11.2. The van der Waals surface area contributed by atoms with Gasteiger partial charge in [0, 0.05) is 37.8 Å². The Balaban J connectivity index is 1.70. The summed E-state index contributed by atoms with van der Waals surface area (Å²) in [4.78, 5) is 43.9. The number of Topliss-reactive ketones (excluding diaryl/α,β-unsaturated/α-hetero) is 3. The molecule has 0 saturated carbocycles. The second kappa shape index (κ2) is 7.79. The Labute approximate surface area is 217 Å². The van der Waals surface area contributed by atoms with Gasteiger partial charge in [-0.05, 0) is 48.4 Å². The molecular weight excluding hydrogens is 505 g/mol. The average molecular weight is 523 g/mol. The fourth-order valence-corrected chi connectivity index (χ4v) is 6.90. The summed E-state index contributed by atoms with van der Waals surface area (Å²) < 4.78 is 0. The zero-order valence-corrected chi connectivity index (χ0v) is 20.7. The van der Waals surface area contributed by atoms with Gasteiger partial charge in [0.1, 0.15) is 5.41 Å². The number of hydrogen-bond donors (Lipinski definition) is 0. The van der Waals surface area contributed by atoms with E-state index in [0.29, 0.717) is 31.8 Å². The van der Waals surface area contributed by atoms with Crippen molar-refractivity contribution in [2.75, 3.05) is 4.90 Å². The molecule has 2 aliphatic heterocycles. The SMILES string of the molecule is CC(=O)[C@H]1[C@H](c2ccc(Cl)cc2Cl)C2(C(=O)c3ccccc3C2=O)[C@H]2C=Cc3cc(Cl)ccc3N12. The number of ketones is 3. The monoisotopic (exact) mass is 521 g/mol. The van der Waals surface area contributed by atoms with Gasteiger partial charge in [0.25, 0.3) is 0 Å². The van der Waals surface area contributed by atoms with E-state index in [0.717, 1.165) is 11.3 Å². The van der Waals surface area contributed by atoms with Crippen LogP contribution in [0.25, 0.3) is 6.08 Å². The smallest absolute Gasteiger partial charge is 0.180 e. The lowest BCUT2D eigenvalue weighted by molar-refractivity contribution is -0.118. The van der Waals surface area contributed by atoms with Crippen LogP contribution in [0.3, 0.4) is 0 Å². The highest BCUT2D eigenvalue weighted by molar-refractivity contribution is 6.36. The normalized spacial score (nSPS) is 23.4. The molecule has 1 aliphatic carbocycles. The Kier molecular flexibility index (Phi) is 5.02. The van der Waals surface area contributed by atoms with Crippen LogP contribution in [0, 0.1) is 5.41 Å². The summed E-state index contributed by atoms with van der Waals surface area (Å²) in [6.07, 6.45) is 3.72. The maximum Gasteiger partial charge on any atom is 0.180 e. The summed E-state index contributed by atoms with van der Waals surface area (Å²) in [5, 5.41) is 1.29. The van der Waals surface area contributed by atoms with E-state index in [2.05, 4.69) is 0 Å². The minimum absolute atomic E-state index is 0.171. The third kappa shape index (κ3) is 2.91. The van der Waals surface area contributed by atoms with Crippen LogP contribution in [0.1, 0.15) is 44.7 Å². The van der Waals surface area contributed by atoms with Gasteiger partial charge < -0.3 is 4.90 Å². The summed E-state index contributed by atoms with van der Waals surface area (Å²) in [6.45, 7) is 1.49. The first kappa shape index (κ1) is 22.5. The summed E-state index contributed by atoms with van der Waals surface area (Å²) >= 11 is 19.1. The minimum Gasteiger partial charge on any atom is -0.352 e. The van der Waals surface area contributed by atoms with Crippen molar-refractivity contribution in [3.8, 4) is 0 Å². The number of halogens is 3. The molecule has 3 atom stereocenters.